The van der Waals surface area contributed by atoms with Gasteiger partial charge in [-0.3, -0.25) is 24.6 Å². The summed E-state index contributed by atoms with van der Waals surface area (Å²) in [6, 6.07) is 12.3. The third-order valence-corrected chi connectivity index (χ3v) is 8.17. The van der Waals surface area contributed by atoms with Gasteiger partial charge in [0.05, 0.1) is 0 Å². The number of carbonyl (C=O) groups is 3. The molecule has 2 aromatic carbocycles. The van der Waals surface area contributed by atoms with Gasteiger partial charge >= 0.3 is 0 Å². The highest BCUT2D eigenvalue weighted by atomic mass is 19.1. The average molecular weight is 492 g/mol. The first-order valence-electron chi connectivity index (χ1n) is 12.9. The van der Waals surface area contributed by atoms with Crippen LogP contribution in [0.1, 0.15) is 65.9 Å². The summed E-state index contributed by atoms with van der Waals surface area (Å²) in [6.45, 7) is 2.01. The number of carbonyl (C=O) groups excluding carboxylic acids is 3. The van der Waals surface area contributed by atoms with Crippen LogP contribution in [-0.4, -0.2) is 58.8 Å². The molecule has 0 bridgehead atoms. The average Bonchev–Trinajstić information content (AvgIpc) is 3.16. The van der Waals surface area contributed by atoms with E-state index in [1.54, 1.807) is 17.0 Å². The van der Waals surface area contributed by atoms with Gasteiger partial charge in [-0.05, 0) is 61.1 Å². The van der Waals surface area contributed by atoms with Gasteiger partial charge in [-0.25, -0.2) is 4.39 Å². The summed E-state index contributed by atoms with van der Waals surface area (Å²) in [4.78, 5) is 40.8. The van der Waals surface area contributed by atoms with Gasteiger partial charge in [0.2, 0.25) is 11.8 Å². The fourth-order valence-electron chi connectivity index (χ4n) is 6.22. The normalized spacial score (nSPS) is 27.0. The number of piperidine rings is 1. The summed E-state index contributed by atoms with van der Waals surface area (Å²) >= 11 is 0. The Labute approximate surface area is 209 Å². The molecular weight excluding hydrogens is 461 g/mol. The second-order valence-electron chi connectivity index (χ2n) is 10.4. The van der Waals surface area contributed by atoms with Crippen molar-refractivity contribution < 1.29 is 23.5 Å². The summed E-state index contributed by atoms with van der Waals surface area (Å²) in [5.41, 5.74) is 2.23. The van der Waals surface area contributed by atoms with E-state index in [0.717, 1.165) is 55.6 Å². The number of hydrogen-bond acceptors (Lipinski definition) is 5. The molecule has 2 aromatic rings. The van der Waals surface area contributed by atoms with Crippen molar-refractivity contribution in [2.75, 3.05) is 13.1 Å². The fraction of sp³-hybridized carbons (Fsp3) is 0.464. The zero-order valence-electron chi connectivity index (χ0n) is 20.1. The number of hydrogen-bond donors (Lipinski definition) is 1. The summed E-state index contributed by atoms with van der Waals surface area (Å²) < 4.78 is 20.7. The Morgan fingerprint density at radius 2 is 1.78 bits per heavy atom. The van der Waals surface area contributed by atoms with Crippen molar-refractivity contribution in [2.24, 2.45) is 0 Å². The number of halogens is 1. The fourth-order valence-corrected chi connectivity index (χ4v) is 6.22. The minimum absolute atomic E-state index is 0.0433. The first-order chi connectivity index (χ1) is 17.5. The van der Waals surface area contributed by atoms with Crippen LogP contribution in [0, 0.1) is 5.82 Å². The smallest absolute Gasteiger partial charge is 0.255 e. The van der Waals surface area contributed by atoms with Crippen LogP contribution in [-0.2, 0) is 16.1 Å². The van der Waals surface area contributed by atoms with Crippen LogP contribution in [0.15, 0.2) is 42.5 Å². The number of amides is 3. The highest BCUT2D eigenvalue weighted by Crippen LogP contribution is 2.37. The number of nitrogens with zero attached hydrogens (tertiary/aromatic N) is 2. The lowest BCUT2D eigenvalue weighted by molar-refractivity contribution is -0.136. The first-order valence-corrected chi connectivity index (χ1v) is 12.9. The molecule has 0 spiro atoms. The van der Waals surface area contributed by atoms with Crippen molar-refractivity contribution in [3.05, 3.63) is 65.0 Å². The van der Waals surface area contributed by atoms with E-state index in [9.17, 15) is 18.8 Å². The maximum atomic E-state index is 14.2. The van der Waals surface area contributed by atoms with E-state index in [1.807, 2.05) is 24.3 Å². The van der Waals surface area contributed by atoms with E-state index in [2.05, 4.69) is 10.2 Å². The van der Waals surface area contributed by atoms with E-state index < -0.39 is 11.9 Å². The van der Waals surface area contributed by atoms with Gasteiger partial charge in [-0.1, -0.05) is 24.6 Å². The molecular formula is C28H30FN3O4. The van der Waals surface area contributed by atoms with Crippen molar-refractivity contribution in [3.63, 3.8) is 0 Å². The second-order valence-corrected chi connectivity index (χ2v) is 10.4. The Balaban J connectivity index is 1.12. The van der Waals surface area contributed by atoms with Crippen molar-refractivity contribution in [3.8, 4) is 5.75 Å². The third kappa shape index (κ3) is 4.17. The third-order valence-electron chi connectivity index (χ3n) is 8.17. The molecule has 3 aliphatic heterocycles. The zero-order valence-corrected chi connectivity index (χ0v) is 20.1. The van der Waals surface area contributed by atoms with E-state index in [-0.39, 0.29) is 42.1 Å². The molecule has 1 unspecified atom stereocenters. The van der Waals surface area contributed by atoms with Crippen LogP contribution >= 0.6 is 0 Å². The molecule has 188 valence electrons. The number of benzene rings is 2. The van der Waals surface area contributed by atoms with Crippen LogP contribution in [0.2, 0.25) is 0 Å². The standard InChI is InChI=1S/C28H30FN3O4/c29-22-6-2-1-5-20(22)18-14-31(15-18)23-7-3-4-8-25(23)36-19-9-10-21-17(13-19)16-32(28(21)35)24-11-12-26(33)30-27(24)34/h1-2,5-6,9-10,13,18,23-25H,3-4,7-8,11-12,14-16H2,(H,30,33,34)/t23-,24?,25-/m0/s1. The number of rotatable bonds is 5. The summed E-state index contributed by atoms with van der Waals surface area (Å²) in [7, 11) is 0. The van der Waals surface area contributed by atoms with Crippen LogP contribution in [0.3, 0.4) is 0 Å². The molecule has 7 nitrogen and oxygen atoms in total. The Kier molecular flexibility index (Phi) is 5.99. The van der Waals surface area contributed by atoms with Crippen molar-refractivity contribution >= 4 is 17.7 Å². The molecule has 3 fully saturated rings. The van der Waals surface area contributed by atoms with Crippen molar-refractivity contribution in [2.45, 2.75) is 69.2 Å². The largest absolute Gasteiger partial charge is 0.489 e. The Morgan fingerprint density at radius 1 is 0.972 bits per heavy atom. The summed E-state index contributed by atoms with van der Waals surface area (Å²) in [5.74, 6) is -0.0514. The van der Waals surface area contributed by atoms with Crippen molar-refractivity contribution in [1.82, 2.24) is 15.1 Å². The molecule has 6 rings (SSSR count). The highest BCUT2D eigenvalue weighted by Gasteiger charge is 2.41. The molecule has 2 saturated heterocycles. The van der Waals surface area contributed by atoms with Crippen LogP contribution in [0.4, 0.5) is 4.39 Å². The molecule has 1 N–H and O–H groups in total. The molecule has 1 aliphatic carbocycles. The maximum Gasteiger partial charge on any atom is 0.255 e. The molecule has 0 radical (unpaired) electrons. The lowest BCUT2D eigenvalue weighted by Crippen LogP contribution is -2.57. The summed E-state index contributed by atoms with van der Waals surface area (Å²) in [6.07, 6.45) is 4.92. The predicted octanol–water partition coefficient (Wildman–Crippen LogP) is 3.38. The highest BCUT2D eigenvalue weighted by molar-refractivity contribution is 6.05. The molecule has 8 heteroatoms. The quantitative estimate of drug-likeness (QED) is 0.649. The number of fused-ring (bicyclic) bond motifs is 1. The van der Waals surface area contributed by atoms with Gasteiger partial charge in [-0.15, -0.1) is 0 Å². The Hall–Kier alpha value is -3.26. The minimum atomic E-state index is -0.622. The molecule has 3 amide bonds. The molecule has 36 heavy (non-hydrogen) atoms. The van der Waals surface area contributed by atoms with Gasteiger partial charge in [0.25, 0.3) is 5.91 Å². The topological polar surface area (TPSA) is 79.0 Å². The SMILES string of the molecule is O=C1CCC(N2Cc3cc(O[C@H]4CCCC[C@@H]4N4CC(c5ccccc5F)C4)ccc3C2=O)C(=O)N1. The lowest BCUT2D eigenvalue weighted by atomic mass is 9.84. The maximum absolute atomic E-state index is 14.2. The number of likely N-dealkylation sites (tertiary alicyclic amines) is 1. The van der Waals surface area contributed by atoms with Gasteiger partial charge in [0, 0.05) is 43.6 Å². The van der Waals surface area contributed by atoms with Crippen LogP contribution < -0.4 is 10.1 Å². The van der Waals surface area contributed by atoms with E-state index in [0.29, 0.717) is 18.5 Å². The minimum Gasteiger partial charge on any atom is -0.489 e. The van der Waals surface area contributed by atoms with Gasteiger partial charge in [0.1, 0.15) is 23.7 Å². The van der Waals surface area contributed by atoms with E-state index in [4.69, 9.17) is 4.74 Å². The van der Waals surface area contributed by atoms with Crippen LogP contribution in [0.25, 0.3) is 0 Å². The second kappa shape index (κ2) is 9.32. The Morgan fingerprint density at radius 3 is 2.58 bits per heavy atom. The Bertz CT molecular complexity index is 1210. The number of ether oxygens (including phenoxy) is 1. The molecule has 3 heterocycles. The summed E-state index contributed by atoms with van der Waals surface area (Å²) in [5, 5.41) is 2.34. The van der Waals surface area contributed by atoms with E-state index in [1.165, 1.54) is 6.07 Å². The predicted molar refractivity (Wildman–Crippen MR) is 130 cm³/mol. The van der Waals surface area contributed by atoms with Gasteiger partial charge < -0.3 is 9.64 Å². The lowest BCUT2D eigenvalue weighted by Gasteiger charge is -2.48. The van der Waals surface area contributed by atoms with Gasteiger partial charge in [0.15, 0.2) is 0 Å². The first kappa shape index (κ1) is 23.2. The molecule has 4 aliphatic rings. The zero-order chi connectivity index (χ0) is 24.8. The van der Waals surface area contributed by atoms with Crippen molar-refractivity contribution in [1.29, 1.82) is 0 Å². The number of imide groups is 1. The molecule has 3 atom stereocenters. The van der Waals surface area contributed by atoms with E-state index >= 15 is 0 Å². The van der Waals surface area contributed by atoms with Gasteiger partial charge in [-0.2, -0.15) is 0 Å². The van der Waals surface area contributed by atoms with Crippen LogP contribution in [0.5, 0.6) is 5.75 Å². The molecule has 1 saturated carbocycles. The monoisotopic (exact) mass is 491 g/mol. The molecule has 0 aromatic heterocycles. The number of nitrogens with one attached hydrogen (secondary N) is 1.